The minimum absolute atomic E-state index is 0.124. The van der Waals surface area contributed by atoms with Crippen LogP contribution in [0, 0.1) is 0 Å². The van der Waals surface area contributed by atoms with Gasteiger partial charge in [-0.25, -0.2) is 17.8 Å². The molecular formula is C13H14BrN3O3S2. The Labute approximate surface area is 140 Å². The van der Waals surface area contributed by atoms with E-state index < -0.39 is 10.0 Å². The Hall–Kier alpha value is -1.03. The van der Waals surface area contributed by atoms with Crippen LogP contribution in [0.4, 0.5) is 0 Å². The van der Waals surface area contributed by atoms with Crippen LogP contribution in [0.15, 0.2) is 37.1 Å². The Kier molecular flexibility index (Phi) is 4.49. The number of sulfonamides is 1. The molecule has 0 aromatic carbocycles. The van der Waals surface area contributed by atoms with E-state index in [-0.39, 0.29) is 22.9 Å². The lowest BCUT2D eigenvalue weighted by atomic mass is 10.3. The molecule has 9 heteroatoms. The van der Waals surface area contributed by atoms with Gasteiger partial charge >= 0.3 is 0 Å². The maximum absolute atomic E-state index is 12.1. The van der Waals surface area contributed by atoms with E-state index in [0.717, 1.165) is 33.7 Å². The van der Waals surface area contributed by atoms with Gasteiger partial charge in [0, 0.05) is 18.5 Å². The number of hydrogen-bond donors (Lipinski definition) is 1. The number of rotatable bonds is 6. The van der Waals surface area contributed by atoms with Crippen molar-refractivity contribution in [3.8, 4) is 0 Å². The Balaban J connectivity index is 1.65. The molecule has 0 radical (unpaired) electrons. The van der Waals surface area contributed by atoms with E-state index in [9.17, 15) is 13.2 Å². The first kappa shape index (κ1) is 15.9. The fraction of sp³-hybridized carbons (Fsp3) is 0.385. The van der Waals surface area contributed by atoms with Crippen LogP contribution in [-0.4, -0.2) is 24.7 Å². The Morgan fingerprint density at radius 2 is 2.09 bits per heavy atom. The number of nitrogens with zero attached hydrogens (tertiary/aromatic N) is 2. The second-order valence-electron chi connectivity index (χ2n) is 5.05. The number of hydrogen-bond acceptors (Lipinski definition) is 5. The second-order valence-corrected chi connectivity index (χ2v) is 9.51. The molecule has 1 aliphatic rings. The first-order valence-electron chi connectivity index (χ1n) is 6.79. The van der Waals surface area contributed by atoms with Crippen LogP contribution in [0.1, 0.15) is 24.5 Å². The van der Waals surface area contributed by atoms with Gasteiger partial charge in [-0.15, -0.1) is 11.3 Å². The Morgan fingerprint density at radius 3 is 2.73 bits per heavy atom. The van der Waals surface area contributed by atoms with Crippen LogP contribution in [-0.2, 0) is 16.6 Å². The summed E-state index contributed by atoms with van der Waals surface area (Å²) in [6, 6.07) is 6.47. The third kappa shape index (κ3) is 3.65. The van der Waals surface area contributed by atoms with Gasteiger partial charge in [-0.3, -0.25) is 4.79 Å². The van der Waals surface area contributed by atoms with Gasteiger partial charge in [0.05, 0.1) is 16.0 Å². The fourth-order valence-electron chi connectivity index (χ4n) is 2.02. The lowest BCUT2D eigenvalue weighted by Gasteiger charge is -2.07. The monoisotopic (exact) mass is 403 g/mol. The molecule has 2 aromatic rings. The van der Waals surface area contributed by atoms with Crippen molar-refractivity contribution >= 4 is 37.3 Å². The highest BCUT2D eigenvalue weighted by Gasteiger charge is 2.25. The number of aromatic nitrogens is 2. The summed E-state index contributed by atoms with van der Waals surface area (Å²) < 4.78 is 29.0. The van der Waals surface area contributed by atoms with Crippen molar-refractivity contribution in [3.05, 3.63) is 44.1 Å². The molecule has 0 atom stereocenters. The van der Waals surface area contributed by atoms with Gasteiger partial charge < -0.3 is 0 Å². The molecule has 2 heterocycles. The molecule has 118 valence electrons. The highest BCUT2D eigenvalue weighted by Crippen LogP contribution is 2.38. The average molecular weight is 404 g/mol. The van der Waals surface area contributed by atoms with Gasteiger partial charge in [-0.05, 0) is 47.0 Å². The number of nitrogens with one attached hydrogen (secondary N) is 1. The van der Waals surface area contributed by atoms with Crippen molar-refractivity contribution in [2.75, 3.05) is 6.54 Å². The molecule has 1 fully saturated rings. The smallest absolute Gasteiger partial charge is 0.266 e. The van der Waals surface area contributed by atoms with Crippen LogP contribution < -0.4 is 10.3 Å². The summed E-state index contributed by atoms with van der Waals surface area (Å²) in [7, 11) is -3.54. The molecule has 2 aromatic heterocycles. The lowest BCUT2D eigenvalue weighted by molar-refractivity contribution is 0.541. The molecule has 1 N–H and O–H groups in total. The highest BCUT2D eigenvalue weighted by molar-refractivity contribution is 9.11. The normalized spacial score (nSPS) is 15.1. The van der Waals surface area contributed by atoms with Crippen molar-refractivity contribution in [2.24, 2.45) is 0 Å². The summed E-state index contributed by atoms with van der Waals surface area (Å²) in [6.07, 6.45) is 2.20. The summed E-state index contributed by atoms with van der Waals surface area (Å²) in [5.41, 5.74) is 0.687. The van der Waals surface area contributed by atoms with E-state index in [0.29, 0.717) is 5.92 Å². The molecule has 0 aliphatic heterocycles. The van der Waals surface area contributed by atoms with Gasteiger partial charge in [0.25, 0.3) is 5.56 Å². The van der Waals surface area contributed by atoms with E-state index in [4.69, 9.17) is 0 Å². The predicted octanol–water partition coefficient (Wildman–Crippen LogP) is 1.92. The first-order valence-corrected chi connectivity index (χ1v) is 9.88. The van der Waals surface area contributed by atoms with E-state index in [1.807, 2.05) is 0 Å². The van der Waals surface area contributed by atoms with Gasteiger partial charge in [0.15, 0.2) is 0 Å². The molecule has 3 rings (SSSR count). The van der Waals surface area contributed by atoms with Crippen molar-refractivity contribution in [3.63, 3.8) is 0 Å². The van der Waals surface area contributed by atoms with Crippen molar-refractivity contribution in [1.29, 1.82) is 0 Å². The lowest BCUT2D eigenvalue weighted by Crippen LogP contribution is -2.31. The van der Waals surface area contributed by atoms with Crippen molar-refractivity contribution in [1.82, 2.24) is 14.5 Å². The van der Waals surface area contributed by atoms with E-state index in [2.05, 4.69) is 25.8 Å². The van der Waals surface area contributed by atoms with Gasteiger partial charge in [-0.1, -0.05) is 0 Å². The van der Waals surface area contributed by atoms with E-state index in [1.54, 1.807) is 12.1 Å². The van der Waals surface area contributed by atoms with Crippen LogP contribution in [0.3, 0.4) is 0 Å². The molecule has 22 heavy (non-hydrogen) atoms. The van der Waals surface area contributed by atoms with Crippen LogP contribution in [0.5, 0.6) is 0 Å². The molecule has 0 unspecified atom stereocenters. The molecule has 0 spiro atoms. The molecule has 0 amide bonds. The van der Waals surface area contributed by atoms with Crippen LogP contribution in [0.25, 0.3) is 0 Å². The largest absolute Gasteiger partial charge is 0.268 e. The summed E-state index contributed by atoms with van der Waals surface area (Å²) >= 11 is 4.38. The summed E-state index contributed by atoms with van der Waals surface area (Å²) in [4.78, 5) is 11.8. The average Bonchev–Trinajstić information content (AvgIpc) is 3.22. The summed E-state index contributed by atoms with van der Waals surface area (Å²) in [5.74, 6) is 0.451. The van der Waals surface area contributed by atoms with Crippen molar-refractivity contribution < 1.29 is 8.42 Å². The zero-order valence-corrected chi connectivity index (χ0v) is 14.7. The molecule has 1 saturated carbocycles. The molecule has 1 aliphatic carbocycles. The first-order chi connectivity index (χ1) is 10.5. The van der Waals surface area contributed by atoms with Crippen LogP contribution in [0.2, 0.25) is 0 Å². The minimum atomic E-state index is -3.54. The van der Waals surface area contributed by atoms with E-state index in [1.165, 1.54) is 16.8 Å². The molecule has 6 nitrogen and oxygen atoms in total. The predicted molar refractivity (Wildman–Crippen MR) is 87.7 cm³/mol. The molecule has 0 bridgehead atoms. The Bertz CT molecular complexity index is 840. The molecular weight excluding hydrogens is 390 g/mol. The topological polar surface area (TPSA) is 81.1 Å². The second kappa shape index (κ2) is 6.23. The zero-order chi connectivity index (χ0) is 15.7. The maximum atomic E-state index is 12.1. The maximum Gasteiger partial charge on any atom is 0.266 e. The van der Waals surface area contributed by atoms with Gasteiger partial charge in [0.1, 0.15) is 4.21 Å². The number of thiophene rings is 1. The third-order valence-electron chi connectivity index (χ3n) is 3.31. The summed E-state index contributed by atoms with van der Waals surface area (Å²) in [5, 5.41) is 4.30. The standard InChI is InChI=1S/C13H14BrN3O3S2/c14-11-4-6-13(21-11)22(19,20)15-7-8-17-12(18)5-3-10(16-17)9-1-2-9/h3-6,9,15H,1-2,7-8H2. The van der Waals surface area contributed by atoms with E-state index >= 15 is 0 Å². The highest BCUT2D eigenvalue weighted by atomic mass is 79.9. The number of halogens is 1. The molecule has 0 saturated heterocycles. The third-order valence-corrected chi connectivity index (χ3v) is 6.89. The minimum Gasteiger partial charge on any atom is -0.268 e. The van der Waals surface area contributed by atoms with Crippen LogP contribution >= 0.6 is 27.3 Å². The summed E-state index contributed by atoms with van der Waals surface area (Å²) in [6.45, 7) is 0.337. The van der Waals surface area contributed by atoms with Crippen molar-refractivity contribution in [2.45, 2.75) is 29.5 Å². The SMILES string of the molecule is O=c1ccc(C2CC2)nn1CCNS(=O)(=O)c1ccc(Br)s1. The quantitative estimate of drug-likeness (QED) is 0.798. The van der Waals surface area contributed by atoms with Gasteiger partial charge in [0.2, 0.25) is 10.0 Å². The van der Waals surface area contributed by atoms with Gasteiger partial charge in [-0.2, -0.15) is 5.10 Å². The fourth-order valence-corrected chi connectivity index (χ4v) is 5.10. The zero-order valence-electron chi connectivity index (χ0n) is 11.5. The Morgan fingerprint density at radius 1 is 1.32 bits per heavy atom.